The van der Waals surface area contributed by atoms with Gasteiger partial charge < -0.3 is 5.32 Å². The molecule has 1 amide bonds. The first kappa shape index (κ1) is 18.5. The Labute approximate surface area is 156 Å². The van der Waals surface area contributed by atoms with Gasteiger partial charge in [-0.3, -0.25) is 14.2 Å². The molecule has 1 aromatic heterocycles. The first-order chi connectivity index (χ1) is 12.3. The van der Waals surface area contributed by atoms with Crippen molar-refractivity contribution in [1.82, 2.24) is 14.9 Å². The van der Waals surface area contributed by atoms with Gasteiger partial charge in [0.1, 0.15) is 0 Å². The van der Waals surface area contributed by atoms with Gasteiger partial charge in [-0.05, 0) is 43.2 Å². The van der Waals surface area contributed by atoms with E-state index in [0.717, 1.165) is 17.2 Å². The molecular formula is C20H23N3O2S. The summed E-state index contributed by atoms with van der Waals surface area (Å²) in [6.45, 7) is 6.02. The van der Waals surface area contributed by atoms with Crippen LogP contribution in [0.4, 0.5) is 0 Å². The molecule has 0 unspecified atom stereocenters. The van der Waals surface area contributed by atoms with E-state index in [9.17, 15) is 9.59 Å². The van der Waals surface area contributed by atoms with Crippen molar-refractivity contribution in [2.75, 3.05) is 5.75 Å². The number of benzene rings is 2. The highest BCUT2D eigenvalue weighted by Crippen LogP contribution is 2.22. The summed E-state index contributed by atoms with van der Waals surface area (Å²) in [5.41, 5.74) is 0.320. The van der Waals surface area contributed by atoms with E-state index in [0.29, 0.717) is 16.1 Å². The van der Waals surface area contributed by atoms with Gasteiger partial charge in [-0.25, -0.2) is 4.98 Å². The van der Waals surface area contributed by atoms with Crippen molar-refractivity contribution in [2.45, 2.75) is 37.9 Å². The third-order valence-electron chi connectivity index (χ3n) is 4.60. The molecule has 0 saturated carbocycles. The second-order valence-corrected chi connectivity index (χ2v) is 7.99. The standard InChI is InChI=1S/C20H23N3O2S/c1-5-20(2,3)22-17(24)12-26-19-21-16-11-14-9-7-6-8-13(14)10-15(16)18(25)23(19)4/h6-11H,5,12H2,1-4H3,(H,22,24). The summed E-state index contributed by atoms with van der Waals surface area (Å²) >= 11 is 1.28. The van der Waals surface area contributed by atoms with Gasteiger partial charge in [0.25, 0.3) is 5.56 Å². The largest absolute Gasteiger partial charge is 0.351 e. The molecule has 26 heavy (non-hydrogen) atoms. The quantitative estimate of drug-likeness (QED) is 0.425. The van der Waals surface area contributed by atoms with Gasteiger partial charge in [0.15, 0.2) is 5.16 Å². The normalized spacial score (nSPS) is 11.8. The zero-order valence-electron chi connectivity index (χ0n) is 15.5. The van der Waals surface area contributed by atoms with E-state index in [1.807, 2.05) is 57.2 Å². The van der Waals surface area contributed by atoms with Gasteiger partial charge in [-0.2, -0.15) is 0 Å². The Kier molecular flexibility index (Phi) is 5.05. The molecule has 0 spiro atoms. The molecule has 0 bridgehead atoms. The smallest absolute Gasteiger partial charge is 0.261 e. The molecule has 0 aliphatic carbocycles. The zero-order chi connectivity index (χ0) is 18.9. The Bertz CT molecular complexity index is 1040. The molecule has 136 valence electrons. The number of carbonyl (C=O) groups excluding carboxylic acids is 1. The highest BCUT2D eigenvalue weighted by atomic mass is 32.2. The zero-order valence-corrected chi connectivity index (χ0v) is 16.3. The fourth-order valence-electron chi connectivity index (χ4n) is 2.70. The van der Waals surface area contributed by atoms with Crippen molar-refractivity contribution >= 4 is 39.3 Å². The lowest BCUT2D eigenvalue weighted by Gasteiger charge is -2.24. The van der Waals surface area contributed by atoms with Gasteiger partial charge in [0, 0.05) is 12.6 Å². The first-order valence-electron chi connectivity index (χ1n) is 8.64. The molecule has 0 aliphatic rings. The number of thioether (sulfide) groups is 1. The second kappa shape index (κ2) is 7.11. The Balaban J connectivity index is 1.92. The summed E-state index contributed by atoms with van der Waals surface area (Å²) in [5, 5.41) is 6.19. The number of nitrogens with zero attached hydrogens (tertiary/aromatic N) is 2. The van der Waals surface area contributed by atoms with Gasteiger partial charge in [0.05, 0.1) is 16.7 Å². The number of hydrogen-bond acceptors (Lipinski definition) is 4. The van der Waals surface area contributed by atoms with Crippen molar-refractivity contribution in [3.63, 3.8) is 0 Å². The van der Waals surface area contributed by atoms with E-state index in [4.69, 9.17) is 0 Å². The lowest BCUT2D eigenvalue weighted by atomic mass is 10.0. The van der Waals surface area contributed by atoms with Crippen LogP contribution >= 0.6 is 11.8 Å². The summed E-state index contributed by atoms with van der Waals surface area (Å²) in [6, 6.07) is 11.7. The Morgan fingerprint density at radius 2 is 1.88 bits per heavy atom. The monoisotopic (exact) mass is 369 g/mol. The number of amides is 1. The van der Waals surface area contributed by atoms with Crippen LogP contribution < -0.4 is 10.9 Å². The molecule has 1 N–H and O–H groups in total. The van der Waals surface area contributed by atoms with E-state index in [1.54, 1.807) is 7.05 Å². The molecule has 3 rings (SSSR count). The third kappa shape index (κ3) is 3.75. The lowest BCUT2D eigenvalue weighted by molar-refractivity contribution is -0.120. The number of hydrogen-bond donors (Lipinski definition) is 1. The van der Waals surface area contributed by atoms with Crippen molar-refractivity contribution in [3.05, 3.63) is 46.8 Å². The van der Waals surface area contributed by atoms with E-state index < -0.39 is 0 Å². The molecule has 0 radical (unpaired) electrons. The SMILES string of the molecule is CCC(C)(C)NC(=O)CSc1nc2cc3ccccc3cc2c(=O)n1C. The minimum atomic E-state index is -0.237. The molecule has 3 aromatic rings. The van der Waals surface area contributed by atoms with Gasteiger partial charge in [-0.15, -0.1) is 0 Å². The maximum Gasteiger partial charge on any atom is 0.261 e. The van der Waals surface area contributed by atoms with Crippen LogP contribution in [0.2, 0.25) is 0 Å². The number of aromatic nitrogens is 2. The summed E-state index contributed by atoms with van der Waals surface area (Å²) in [6.07, 6.45) is 0.850. The molecule has 0 fully saturated rings. The fourth-order valence-corrected chi connectivity index (χ4v) is 3.47. The van der Waals surface area contributed by atoms with Crippen LogP contribution in [-0.2, 0) is 11.8 Å². The highest BCUT2D eigenvalue weighted by molar-refractivity contribution is 7.99. The predicted octanol–water partition coefficient (Wildman–Crippen LogP) is 3.48. The summed E-state index contributed by atoms with van der Waals surface area (Å²) < 4.78 is 1.51. The first-order valence-corrected chi connectivity index (χ1v) is 9.62. The topological polar surface area (TPSA) is 64.0 Å². The average molecular weight is 369 g/mol. The molecule has 0 saturated heterocycles. The summed E-state index contributed by atoms with van der Waals surface area (Å²) in [7, 11) is 1.69. The van der Waals surface area contributed by atoms with Crippen LogP contribution in [0.3, 0.4) is 0 Å². The number of carbonyl (C=O) groups is 1. The van der Waals surface area contributed by atoms with Crippen LogP contribution in [0.15, 0.2) is 46.3 Å². The van der Waals surface area contributed by atoms with E-state index in [1.165, 1.54) is 16.3 Å². The second-order valence-electron chi connectivity index (χ2n) is 7.05. The minimum Gasteiger partial charge on any atom is -0.351 e. The van der Waals surface area contributed by atoms with Gasteiger partial charge in [-0.1, -0.05) is 43.0 Å². The Hall–Kier alpha value is -2.34. The summed E-state index contributed by atoms with van der Waals surface area (Å²) in [5.74, 6) is 0.165. The third-order valence-corrected chi connectivity index (χ3v) is 5.63. The average Bonchev–Trinajstić information content (AvgIpc) is 2.62. The van der Waals surface area contributed by atoms with Crippen molar-refractivity contribution in [2.24, 2.45) is 7.05 Å². The Morgan fingerprint density at radius 1 is 1.23 bits per heavy atom. The molecule has 1 heterocycles. The van der Waals surface area contributed by atoms with Crippen LogP contribution in [0.25, 0.3) is 21.7 Å². The maximum atomic E-state index is 12.7. The number of nitrogens with one attached hydrogen (secondary N) is 1. The van der Waals surface area contributed by atoms with Crippen LogP contribution in [-0.4, -0.2) is 26.8 Å². The maximum absolute atomic E-state index is 12.7. The van der Waals surface area contributed by atoms with E-state index >= 15 is 0 Å². The van der Waals surface area contributed by atoms with Crippen LogP contribution in [0.5, 0.6) is 0 Å². The number of rotatable bonds is 5. The molecule has 6 heteroatoms. The van der Waals surface area contributed by atoms with Gasteiger partial charge in [0.2, 0.25) is 5.91 Å². The van der Waals surface area contributed by atoms with Crippen molar-refractivity contribution < 1.29 is 4.79 Å². The van der Waals surface area contributed by atoms with E-state index in [-0.39, 0.29) is 22.8 Å². The minimum absolute atomic E-state index is 0.0605. The van der Waals surface area contributed by atoms with Crippen molar-refractivity contribution in [3.8, 4) is 0 Å². The molecular weight excluding hydrogens is 346 g/mol. The Morgan fingerprint density at radius 3 is 2.54 bits per heavy atom. The fraction of sp³-hybridized carbons (Fsp3) is 0.350. The molecule has 0 atom stereocenters. The van der Waals surface area contributed by atoms with Crippen LogP contribution in [0, 0.1) is 0 Å². The molecule has 2 aromatic carbocycles. The summed E-state index contributed by atoms with van der Waals surface area (Å²) in [4.78, 5) is 29.5. The van der Waals surface area contributed by atoms with Crippen molar-refractivity contribution in [1.29, 1.82) is 0 Å². The lowest BCUT2D eigenvalue weighted by Crippen LogP contribution is -2.43. The number of fused-ring (bicyclic) bond motifs is 2. The predicted molar refractivity (Wildman–Crippen MR) is 108 cm³/mol. The van der Waals surface area contributed by atoms with E-state index in [2.05, 4.69) is 10.3 Å². The van der Waals surface area contributed by atoms with Crippen LogP contribution in [0.1, 0.15) is 27.2 Å². The van der Waals surface area contributed by atoms with Gasteiger partial charge >= 0.3 is 0 Å². The molecule has 5 nitrogen and oxygen atoms in total. The molecule has 0 aliphatic heterocycles. The highest BCUT2D eigenvalue weighted by Gasteiger charge is 2.18.